The number of carbonyl (C=O) groups is 1. The zero-order valence-electron chi connectivity index (χ0n) is 67.1. The Labute approximate surface area is 775 Å². The molecule has 0 spiro atoms. The van der Waals surface area contributed by atoms with Gasteiger partial charge in [-0.05, 0) is 288 Å². The lowest BCUT2D eigenvalue weighted by Gasteiger charge is -2.18. The highest BCUT2D eigenvalue weighted by molar-refractivity contribution is 9.11. The third-order valence-electron chi connectivity index (χ3n) is 23.4. The molecule has 0 unspecified atom stereocenters. The molecule has 10 heteroatoms. The number of halogens is 6. The molecule has 1 aliphatic carbocycles. The fourth-order valence-electron chi connectivity index (χ4n) is 17.5. The van der Waals surface area contributed by atoms with E-state index in [1.54, 1.807) is 18.2 Å². The number of fused-ring (bicyclic) bond motifs is 18. The lowest BCUT2D eigenvalue weighted by atomic mass is 9.80. The van der Waals surface area contributed by atoms with E-state index in [1.807, 2.05) is 48.5 Å². The van der Waals surface area contributed by atoms with Gasteiger partial charge in [0.05, 0.1) is 0 Å². The minimum Gasteiger partial charge on any atom is -0.423 e. The predicted octanol–water partition coefficient (Wildman–Crippen LogP) is 33.9. The fraction of sp³-hybridized carbons (Fsp3) is 0. The van der Waals surface area contributed by atoms with Crippen molar-refractivity contribution >= 4 is 211 Å². The molecule has 0 heterocycles. The van der Waals surface area contributed by atoms with E-state index in [2.05, 4.69) is 460 Å². The normalized spacial score (nSPS) is 11.4. The average molecular weight is 1990 g/mol. The summed E-state index contributed by atoms with van der Waals surface area (Å²) in [6.07, 6.45) is 0. The number of benzene rings is 22. The summed E-state index contributed by atoms with van der Waals surface area (Å²) in [5, 5.41) is 40.3. The van der Waals surface area contributed by atoms with Gasteiger partial charge in [-0.3, -0.25) is 4.79 Å². The maximum Gasteiger partial charge on any atom is 0.489 e. The van der Waals surface area contributed by atoms with Gasteiger partial charge in [-0.1, -0.05) is 429 Å². The third-order valence-corrected chi connectivity index (χ3v) is 27.3. The van der Waals surface area contributed by atoms with Crippen molar-refractivity contribution in [3.63, 3.8) is 0 Å². The van der Waals surface area contributed by atoms with Crippen molar-refractivity contribution in [2.45, 2.75) is 0 Å². The van der Waals surface area contributed by atoms with Crippen molar-refractivity contribution in [1.82, 2.24) is 0 Å². The van der Waals surface area contributed by atoms with Crippen LogP contribution in [0.25, 0.3) is 186 Å². The molecular weight excluding hydrogens is 1920 g/mol. The minimum absolute atomic E-state index is 0.127. The SMILES string of the molecule is Brc1cc2c3ccccc3c(-c3cc(-c4ccccc4)cc(-c4ccccc4)c3)cc2c2ccccc12.Brc1cc2c3ccccc3c(Br)cc2c2ccccc12.Brc1ccccc1-c1cc2c3ccccc3c(-c3cc(-c4ccccc4)cc(-c4ccccc4)c3)cc2c2ccccc12.O=C1c2ccccc2-c2ccc(Br)cc21.OB(O)c1ccccc1Br. The zero-order chi connectivity index (χ0) is 85.2. The molecule has 0 saturated heterocycles. The van der Waals surface area contributed by atoms with Crippen LogP contribution in [-0.2, 0) is 0 Å². The quantitative estimate of drug-likeness (QED) is 0.118. The van der Waals surface area contributed by atoms with Gasteiger partial charge >= 0.3 is 7.12 Å². The molecule has 0 aliphatic heterocycles. The van der Waals surface area contributed by atoms with Gasteiger partial charge in [0.25, 0.3) is 0 Å². The Balaban J connectivity index is 0.000000111. The summed E-state index contributed by atoms with van der Waals surface area (Å²) in [5.41, 5.74) is 21.3. The molecular formula is C115H73BBr6O3. The lowest BCUT2D eigenvalue weighted by Crippen LogP contribution is -2.30. The largest absolute Gasteiger partial charge is 0.489 e. The Bertz CT molecular complexity index is 7730. The van der Waals surface area contributed by atoms with Crippen molar-refractivity contribution in [3.8, 4) is 89.0 Å². The number of rotatable bonds is 8. The predicted molar refractivity (Wildman–Crippen MR) is 553 cm³/mol. The molecule has 22 aromatic rings. The molecule has 22 aromatic carbocycles. The van der Waals surface area contributed by atoms with Crippen LogP contribution in [0.3, 0.4) is 0 Å². The molecule has 0 atom stereocenters. The Kier molecular flexibility index (Phi) is 24.0. The van der Waals surface area contributed by atoms with Crippen molar-refractivity contribution < 1.29 is 14.8 Å². The van der Waals surface area contributed by atoms with Crippen LogP contribution >= 0.6 is 95.6 Å². The summed E-state index contributed by atoms with van der Waals surface area (Å²) >= 11 is 21.6. The molecule has 2 N–H and O–H groups in total. The van der Waals surface area contributed by atoms with E-state index in [0.29, 0.717) is 9.94 Å². The van der Waals surface area contributed by atoms with Crippen LogP contribution < -0.4 is 5.46 Å². The van der Waals surface area contributed by atoms with Crippen molar-refractivity contribution in [1.29, 1.82) is 0 Å². The van der Waals surface area contributed by atoms with Crippen LogP contribution in [0.5, 0.6) is 0 Å². The maximum atomic E-state index is 12.0. The van der Waals surface area contributed by atoms with Crippen LogP contribution in [0, 0.1) is 0 Å². The van der Waals surface area contributed by atoms with Crippen LogP contribution in [0.1, 0.15) is 15.9 Å². The summed E-state index contributed by atoms with van der Waals surface area (Å²) in [6, 6.07) is 152. The summed E-state index contributed by atoms with van der Waals surface area (Å²) in [7, 11) is -1.39. The van der Waals surface area contributed by atoms with Crippen molar-refractivity contribution in [3.05, 3.63) is 469 Å². The second-order valence-electron chi connectivity index (χ2n) is 30.9. The summed E-state index contributed by atoms with van der Waals surface area (Å²) < 4.78 is 6.19. The first-order valence-electron chi connectivity index (χ1n) is 41.1. The molecule has 125 heavy (non-hydrogen) atoms. The molecule has 0 saturated carbocycles. The van der Waals surface area contributed by atoms with Gasteiger partial charge in [-0.2, -0.15) is 0 Å². The van der Waals surface area contributed by atoms with Crippen molar-refractivity contribution in [2.24, 2.45) is 0 Å². The van der Waals surface area contributed by atoms with E-state index in [9.17, 15) is 4.79 Å². The van der Waals surface area contributed by atoms with E-state index in [1.165, 1.54) is 175 Å². The van der Waals surface area contributed by atoms with Gasteiger partial charge in [0.15, 0.2) is 5.78 Å². The van der Waals surface area contributed by atoms with Gasteiger partial charge in [0.1, 0.15) is 0 Å². The van der Waals surface area contributed by atoms with E-state index >= 15 is 0 Å². The Morgan fingerprint density at radius 2 is 0.424 bits per heavy atom. The molecule has 0 aromatic heterocycles. The maximum absolute atomic E-state index is 12.0. The molecule has 1 aliphatic rings. The van der Waals surface area contributed by atoms with Crippen LogP contribution in [-0.4, -0.2) is 22.9 Å². The van der Waals surface area contributed by atoms with E-state index in [4.69, 9.17) is 10.0 Å². The highest BCUT2D eigenvalue weighted by atomic mass is 79.9. The van der Waals surface area contributed by atoms with Crippen LogP contribution in [0.4, 0.5) is 0 Å². The average Bonchev–Trinajstić information content (AvgIpc) is 1.46. The van der Waals surface area contributed by atoms with E-state index in [-0.39, 0.29) is 5.78 Å². The standard InChI is InChI=1S/C42H27Br.C36H23Br.C18H10Br2.C13H7BrO.C6H6BBrO2/c43-42-22-12-11-21-37(42)39-27-41-34-18-8-7-17-33(34)38(26-40(41)36-20-10-9-19-35(36)39)32-24-30(28-13-3-1-4-14-28)23-31(25-32)29-15-5-2-6-16-29;37-36-23-35-30-16-8-7-15-29(30)33(22-34(35)31-17-9-10-18-32(31)36)28-20-26(24-11-3-1-4-12-24)19-27(21-28)25-13-5-2-6-14-25;19-17-10-16-12-6-2-4-8-14(12)18(20)9-15(16)11-5-1-3-7-13(11)17;14-8-5-6-10-9-3-1-2-4-11(9)13(15)12(10)7-8;8-6-4-2-1-3-5(6)7(9)10/h1-27H;1-23H;1-10H;1-7H;1-4,9-10H. The second-order valence-corrected chi connectivity index (χ2v) is 36.1. The Morgan fingerprint density at radius 1 is 0.160 bits per heavy atom. The van der Waals surface area contributed by atoms with E-state index < -0.39 is 7.12 Å². The minimum atomic E-state index is -1.39. The number of carbonyl (C=O) groups excluding carboxylic acids is 1. The first-order chi connectivity index (χ1) is 61.2. The fourth-order valence-corrected chi connectivity index (χ4v) is 20.6. The molecule has 596 valence electrons. The highest BCUT2D eigenvalue weighted by Crippen LogP contribution is 2.48. The second kappa shape index (κ2) is 36.5. The summed E-state index contributed by atoms with van der Waals surface area (Å²) in [6.45, 7) is 0. The molecule has 3 nitrogen and oxygen atoms in total. The Hall–Kier alpha value is -12.3. The van der Waals surface area contributed by atoms with Gasteiger partial charge in [-0.25, -0.2) is 0 Å². The third kappa shape index (κ3) is 16.7. The molecule has 0 bridgehead atoms. The monoisotopic (exact) mass is 1990 g/mol. The van der Waals surface area contributed by atoms with Gasteiger partial charge < -0.3 is 10.0 Å². The smallest absolute Gasteiger partial charge is 0.423 e. The number of hydrogen-bond acceptors (Lipinski definition) is 3. The first-order valence-corrected chi connectivity index (χ1v) is 45.9. The molecule has 0 amide bonds. The summed E-state index contributed by atoms with van der Waals surface area (Å²) in [5.74, 6) is 0.127. The number of hydrogen-bond donors (Lipinski definition) is 2. The number of ketones is 1. The van der Waals surface area contributed by atoms with Crippen LogP contribution in [0.2, 0.25) is 0 Å². The topological polar surface area (TPSA) is 57.5 Å². The van der Waals surface area contributed by atoms with Gasteiger partial charge in [0, 0.05) is 38.0 Å². The van der Waals surface area contributed by atoms with Crippen molar-refractivity contribution in [2.75, 3.05) is 0 Å². The molecule has 0 fully saturated rings. The van der Waals surface area contributed by atoms with Crippen LogP contribution in [0.15, 0.2) is 458 Å². The lowest BCUT2D eigenvalue weighted by molar-refractivity contribution is 0.104. The first kappa shape index (κ1) is 82.3. The van der Waals surface area contributed by atoms with Gasteiger partial charge in [0.2, 0.25) is 0 Å². The van der Waals surface area contributed by atoms with Gasteiger partial charge in [-0.15, -0.1) is 0 Å². The summed E-state index contributed by atoms with van der Waals surface area (Å²) in [4.78, 5) is 12.0. The molecule has 0 radical (unpaired) electrons. The highest BCUT2D eigenvalue weighted by Gasteiger charge is 2.27. The zero-order valence-corrected chi connectivity index (χ0v) is 76.7. The molecule has 23 rings (SSSR count). The van der Waals surface area contributed by atoms with E-state index in [0.717, 1.165) is 44.6 Å². The Morgan fingerprint density at radius 3 is 0.776 bits per heavy atom.